The van der Waals surface area contributed by atoms with Crippen LogP contribution in [0, 0.1) is 5.92 Å². The molecule has 1 atom stereocenters. The van der Waals surface area contributed by atoms with E-state index in [0.717, 1.165) is 43.8 Å². The van der Waals surface area contributed by atoms with Crippen molar-refractivity contribution in [2.45, 2.75) is 25.9 Å². The molecule has 1 aromatic heterocycles. The minimum atomic E-state index is 0.0155. The predicted molar refractivity (Wildman–Crippen MR) is 122 cm³/mol. The number of fused-ring (bicyclic) bond motifs is 1. The largest absolute Gasteiger partial charge is 0.491 e. The number of ketones is 1. The molecule has 4 rings (SSSR count). The number of hydrogen-bond acceptors (Lipinski definition) is 6. The Hall–Kier alpha value is -2.38. The summed E-state index contributed by atoms with van der Waals surface area (Å²) in [4.78, 5) is 33.6. The van der Waals surface area contributed by atoms with Gasteiger partial charge in [0.05, 0.1) is 12.3 Å². The van der Waals surface area contributed by atoms with E-state index in [1.165, 1.54) is 5.56 Å². The maximum atomic E-state index is 12.9. The Morgan fingerprint density at radius 2 is 2.16 bits per heavy atom. The average Bonchev–Trinajstić information content (AvgIpc) is 3.02. The van der Waals surface area contributed by atoms with E-state index in [4.69, 9.17) is 4.74 Å². The number of benzene rings is 1. The first-order valence-electron chi connectivity index (χ1n) is 10.8. The quantitative estimate of drug-likeness (QED) is 0.644. The third-order valence-electron chi connectivity index (χ3n) is 5.95. The minimum absolute atomic E-state index is 0.0155. The highest BCUT2D eigenvalue weighted by molar-refractivity contribution is 7.99. The molecule has 6 nitrogen and oxygen atoms in total. The van der Waals surface area contributed by atoms with Gasteiger partial charge >= 0.3 is 0 Å². The number of carbonyl (C=O) groups is 2. The molecule has 1 aromatic carbocycles. The van der Waals surface area contributed by atoms with Crippen LogP contribution in [0.1, 0.15) is 34.3 Å². The molecular weight excluding hydrogens is 410 g/mol. The zero-order chi connectivity index (χ0) is 21.6. The van der Waals surface area contributed by atoms with Crippen LogP contribution in [0.5, 0.6) is 5.75 Å². The Kier molecular flexibility index (Phi) is 7.25. The van der Waals surface area contributed by atoms with E-state index in [0.29, 0.717) is 31.0 Å². The molecule has 2 aromatic rings. The number of rotatable bonds is 6. The van der Waals surface area contributed by atoms with Gasteiger partial charge in [0, 0.05) is 49.1 Å². The minimum Gasteiger partial charge on any atom is -0.491 e. The second kappa shape index (κ2) is 10.3. The van der Waals surface area contributed by atoms with Crippen LogP contribution in [0.15, 0.2) is 42.7 Å². The number of nitrogens with zero attached hydrogens (tertiary/aromatic N) is 3. The van der Waals surface area contributed by atoms with Gasteiger partial charge in [0.25, 0.3) is 0 Å². The van der Waals surface area contributed by atoms with Crippen LogP contribution in [0.2, 0.25) is 0 Å². The number of ether oxygens (including phenoxy) is 1. The monoisotopic (exact) mass is 439 g/mol. The van der Waals surface area contributed by atoms with Crippen molar-refractivity contribution in [3.05, 3.63) is 59.4 Å². The van der Waals surface area contributed by atoms with E-state index in [-0.39, 0.29) is 17.6 Å². The molecular formula is C24H29N3O3S. The molecule has 2 aliphatic heterocycles. The fraction of sp³-hybridized carbons (Fsp3) is 0.458. The Labute approximate surface area is 188 Å². The van der Waals surface area contributed by atoms with Gasteiger partial charge in [-0.3, -0.25) is 19.5 Å². The molecule has 2 aliphatic rings. The highest BCUT2D eigenvalue weighted by Gasteiger charge is 2.27. The van der Waals surface area contributed by atoms with Gasteiger partial charge in [-0.25, -0.2) is 0 Å². The Morgan fingerprint density at radius 1 is 1.26 bits per heavy atom. The lowest BCUT2D eigenvalue weighted by Gasteiger charge is -2.32. The highest BCUT2D eigenvalue weighted by atomic mass is 32.2. The molecule has 0 radical (unpaired) electrons. The van der Waals surface area contributed by atoms with Gasteiger partial charge < -0.3 is 9.64 Å². The van der Waals surface area contributed by atoms with Gasteiger partial charge in [-0.15, -0.1) is 0 Å². The van der Waals surface area contributed by atoms with Crippen LogP contribution in [0.3, 0.4) is 0 Å². The first kappa shape index (κ1) is 21.8. The SMILES string of the molecule is CSCC(=O)N1CCOc2ccc(CN3CCCC(C(=O)c4cccnc4)C3)cc2C1. The molecule has 0 spiro atoms. The standard InChI is InChI=1S/C24H29N3O3S/c1-31-17-23(28)27-10-11-30-22-7-6-18(12-21(22)16-27)14-26-9-3-5-20(15-26)24(29)19-4-2-8-25-13-19/h2,4,6-8,12-13,20H,3,5,9-11,14-17H2,1H3. The lowest BCUT2D eigenvalue weighted by atomic mass is 9.90. The van der Waals surface area contributed by atoms with E-state index in [9.17, 15) is 9.59 Å². The summed E-state index contributed by atoms with van der Waals surface area (Å²) < 4.78 is 5.88. The summed E-state index contributed by atoms with van der Waals surface area (Å²) in [7, 11) is 0. The Morgan fingerprint density at radius 3 is 2.97 bits per heavy atom. The van der Waals surface area contributed by atoms with Crippen LogP contribution in [0.25, 0.3) is 0 Å². The van der Waals surface area contributed by atoms with Crippen molar-refractivity contribution in [3.8, 4) is 5.75 Å². The molecule has 1 amide bonds. The third-order valence-corrected chi connectivity index (χ3v) is 6.49. The normalized spacial score (nSPS) is 19.3. The van der Waals surface area contributed by atoms with Crippen LogP contribution in [-0.4, -0.2) is 64.7 Å². The first-order chi connectivity index (χ1) is 15.1. The van der Waals surface area contributed by atoms with Crippen LogP contribution in [0.4, 0.5) is 0 Å². The summed E-state index contributed by atoms with van der Waals surface area (Å²) in [6, 6.07) is 9.95. The van der Waals surface area contributed by atoms with Gasteiger partial charge in [-0.1, -0.05) is 6.07 Å². The van der Waals surface area contributed by atoms with Crippen molar-refractivity contribution in [1.82, 2.24) is 14.8 Å². The van der Waals surface area contributed by atoms with Gasteiger partial charge in [-0.05, 0) is 55.5 Å². The topological polar surface area (TPSA) is 62.7 Å². The van der Waals surface area contributed by atoms with Crippen molar-refractivity contribution >= 4 is 23.5 Å². The molecule has 1 saturated heterocycles. The van der Waals surface area contributed by atoms with Gasteiger partial charge in [0.15, 0.2) is 5.78 Å². The molecule has 31 heavy (non-hydrogen) atoms. The molecule has 164 valence electrons. The van der Waals surface area contributed by atoms with Crippen LogP contribution < -0.4 is 4.74 Å². The Bertz CT molecular complexity index is 922. The number of aromatic nitrogens is 1. The summed E-state index contributed by atoms with van der Waals surface area (Å²) in [5.41, 5.74) is 2.95. The number of pyridine rings is 1. The molecule has 3 heterocycles. The van der Waals surface area contributed by atoms with E-state index in [2.05, 4.69) is 22.0 Å². The number of hydrogen-bond donors (Lipinski definition) is 0. The van der Waals surface area contributed by atoms with Crippen LogP contribution >= 0.6 is 11.8 Å². The summed E-state index contributed by atoms with van der Waals surface area (Å²) in [5, 5.41) is 0. The number of thioether (sulfide) groups is 1. The first-order valence-corrected chi connectivity index (χ1v) is 12.2. The number of piperidine rings is 1. The third kappa shape index (κ3) is 5.46. The summed E-state index contributed by atoms with van der Waals surface area (Å²) >= 11 is 1.55. The van der Waals surface area contributed by atoms with Crippen molar-refractivity contribution in [2.75, 3.05) is 38.2 Å². The van der Waals surface area contributed by atoms with E-state index >= 15 is 0 Å². The number of amides is 1. The van der Waals surface area contributed by atoms with Gasteiger partial charge in [-0.2, -0.15) is 11.8 Å². The molecule has 1 fully saturated rings. The van der Waals surface area contributed by atoms with E-state index in [1.54, 1.807) is 24.2 Å². The Balaban J connectivity index is 1.42. The molecule has 0 aliphatic carbocycles. The van der Waals surface area contributed by atoms with E-state index in [1.807, 2.05) is 29.4 Å². The van der Waals surface area contributed by atoms with Crippen molar-refractivity contribution < 1.29 is 14.3 Å². The predicted octanol–water partition coefficient (Wildman–Crippen LogP) is 3.26. The smallest absolute Gasteiger partial charge is 0.232 e. The van der Waals surface area contributed by atoms with Crippen molar-refractivity contribution in [1.29, 1.82) is 0 Å². The van der Waals surface area contributed by atoms with Crippen LogP contribution in [-0.2, 0) is 17.9 Å². The fourth-order valence-corrected chi connectivity index (χ4v) is 4.82. The zero-order valence-corrected chi connectivity index (χ0v) is 18.8. The summed E-state index contributed by atoms with van der Waals surface area (Å²) in [5.74, 6) is 1.72. The second-order valence-corrected chi connectivity index (χ2v) is 9.09. The van der Waals surface area contributed by atoms with Crippen molar-refractivity contribution in [3.63, 3.8) is 0 Å². The molecule has 0 saturated carbocycles. The molecule has 0 N–H and O–H groups in total. The fourth-order valence-electron chi connectivity index (χ4n) is 4.39. The van der Waals surface area contributed by atoms with Crippen molar-refractivity contribution in [2.24, 2.45) is 5.92 Å². The summed E-state index contributed by atoms with van der Waals surface area (Å²) in [6.45, 7) is 4.28. The van der Waals surface area contributed by atoms with Gasteiger partial charge in [0.2, 0.25) is 5.91 Å². The lowest BCUT2D eigenvalue weighted by molar-refractivity contribution is -0.129. The highest BCUT2D eigenvalue weighted by Crippen LogP contribution is 2.27. The lowest BCUT2D eigenvalue weighted by Crippen LogP contribution is -2.38. The maximum Gasteiger partial charge on any atom is 0.232 e. The molecule has 0 bridgehead atoms. The zero-order valence-electron chi connectivity index (χ0n) is 18.0. The number of Topliss-reactive ketones (excluding diaryl/α,β-unsaturated/α-hetero) is 1. The maximum absolute atomic E-state index is 12.9. The van der Waals surface area contributed by atoms with E-state index < -0.39 is 0 Å². The molecule has 1 unspecified atom stereocenters. The average molecular weight is 440 g/mol. The molecule has 7 heteroatoms. The second-order valence-electron chi connectivity index (χ2n) is 8.22. The van der Waals surface area contributed by atoms with Gasteiger partial charge in [0.1, 0.15) is 12.4 Å². The number of carbonyl (C=O) groups excluding carboxylic acids is 2. The number of likely N-dealkylation sites (tertiary alicyclic amines) is 1. The summed E-state index contributed by atoms with van der Waals surface area (Å²) in [6.07, 6.45) is 7.25.